The molecule has 0 radical (unpaired) electrons. The molecule has 2 aromatic carbocycles. The Bertz CT molecular complexity index is 919. The number of rotatable bonds is 4. The number of nitrogens with two attached hydrogens (primary N) is 1. The molecule has 3 rings (SSSR count). The van der Waals surface area contributed by atoms with E-state index in [-0.39, 0.29) is 11.4 Å². The molecule has 0 atom stereocenters. The van der Waals surface area contributed by atoms with Crippen LogP contribution in [0.15, 0.2) is 60.8 Å². The second-order valence-electron chi connectivity index (χ2n) is 5.38. The van der Waals surface area contributed by atoms with Gasteiger partial charge in [0, 0.05) is 5.69 Å². The van der Waals surface area contributed by atoms with E-state index < -0.39 is 17.6 Å². The van der Waals surface area contributed by atoms with E-state index in [0.29, 0.717) is 11.4 Å². The van der Waals surface area contributed by atoms with Crippen molar-refractivity contribution in [3.8, 4) is 5.69 Å². The van der Waals surface area contributed by atoms with Crippen molar-refractivity contribution in [1.29, 1.82) is 0 Å². The number of nitrogens with zero attached hydrogens (tertiary/aromatic N) is 2. The number of anilines is 2. The molecule has 0 saturated carbocycles. The third kappa shape index (κ3) is 3.77. The van der Waals surface area contributed by atoms with Crippen LogP contribution in [0.5, 0.6) is 0 Å². The van der Waals surface area contributed by atoms with Gasteiger partial charge in [-0.2, -0.15) is 18.3 Å². The van der Waals surface area contributed by atoms with Gasteiger partial charge in [-0.05, 0) is 48.5 Å². The zero-order valence-electron chi connectivity index (χ0n) is 13.3. The van der Waals surface area contributed by atoms with Crippen molar-refractivity contribution in [3.05, 3.63) is 72.1 Å². The maximum atomic E-state index is 12.7. The summed E-state index contributed by atoms with van der Waals surface area (Å²) in [7, 11) is 0. The minimum absolute atomic E-state index is 0.103. The first-order valence-electron chi connectivity index (χ1n) is 7.48. The molecule has 26 heavy (non-hydrogen) atoms. The van der Waals surface area contributed by atoms with Gasteiger partial charge >= 0.3 is 6.18 Å². The predicted molar refractivity (Wildman–Crippen MR) is 90.5 cm³/mol. The van der Waals surface area contributed by atoms with E-state index in [1.54, 1.807) is 24.3 Å². The Balaban J connectivity index is 1.74. The predicted octanol–water partition coefficient (Wildman–Crippen LogP) is 3.23. The number of halogens is 3. The maximum Gasteiger partial charge on any atom is 0.416 e. The molecular formula is C17H14F3N5O. The zero-order valence-corrected chi connectivity index (χ0v) is 13.3. The van der Waals surface area contributed by atoms with Gasteiger partial charge in [-0.25, -0.2) is 4.68 Å². The number of amides is 1. The van der Waals surface area contributed by atoms with Crippen molar-refractivity contribution in [1.82, 2.24) is 15.2 Å². The molecule has 0 fully saturated rings. The molecule has 0 unspecified atom stereocenters. The van der Waals surface area contributed by atoms with Gasteiger partial charge in [0.15, 0.2) is 0 Å². The summed E-state index contributed by atoms with van der Waals surface area (Å²) in [5.41, 5.74) is 11.1. The number of carbonyl (C=O) groups is 1. The lowest BCUT2D eigenvalue weighted by molar-refractivity contribution is -0.137. The molecule has 9 heteroatoms. The van der Waals surface area contributed by atoms with Crippen LogP contribution < -0.4 is 16.6 Å². The van der Waals surface area contributed by atoms with Crippen LogP contribution in [0.3, 0.4) is 0 Å². The first-order chi connectivity index (χ1) is 12.3. The van der Waals surface area contributed by atoms with Crippen molar-refractivity contribution in [2.24, 2.45) is 0 Å². The number of aromatic nitrogens is 2. The standard InChI is InChI=1S/C17H14F3N5O/c18-17(19,20)11-2-1-3-13(10-11)23-24-16(26)15-8-9-22-25(15)14-6-4-12(21)5-7-14/h1-10,23H,21H2,(H,24,26). The summed E-state index contributed by atoms with van der Waals surface area (Å²) in [6, 6.07) is 12.7. The highest BCUT2D eigenvalue weighted by atomic mass is 19.4. The van der Waals surface area contributed by atoms with Gasteiger partial charge in [0.2, 0.25) is 0 Å². The normalized spacial score (nSPS) is 11.2. The van der Waals surface area contributed by atoms with E-state index >= 15 is 0 Å². The smallest absolute Gasteiger partial charge is 0.399 e. The molecule has 0 aliphatic rings. The SMILES string of the molecule is Nc1ccc(-n2nccc2C(=O)NNc2cccc(C(F)(F)F)c2)cc1. The van der Waals surface area contributed by atoms with E-state index in [1.165, 1.54) is 29.1 Å². The Kier molecular flexibility index (Phi) is 4.53. The minimum Gasteiger partial charge on any atom is -0.399 e. The van der Waals surface area contributed by atoms with Crippen molar-refractivity contribution in [2.75, 3.05) is 11.2 Å². The lowest BCUT2D eigenvalue weighted by Gasteiger charge is -2.12. The Morgan fingerprint density at radius 1 is 1.08 bits per heavy atom. The number of benzene rings is 2. The molecule has 4 N–H and O–H groups in total. The van der Waals surface area contributed by atoms with Gasteiger partial charge in [-0.3, -0.25) is 15.6 Å². The number of hydrazine groups is 1. The number of nitrogens with one attached hydrogen (secondary N) is 2. The molecule has 1 amide bonds. The van der Waals surface area contributed by atoms with Gasteiger partial charge in [-0.15, -0.1) is 0 Å². The van der Waals surface area contributed by atoms with Crippen LogP contribution in [-0.4, -0.2) is 15.7 Å². The van der Waals surface area contributed by atoms with Crippen LogP contribution in [0.25, 0.3) is 5.69 Å². The second-order valence-corrected chi connectivity index (χ2v) is 5.38. The highest BCUT2D eigenvalue weighted by molar-refractivity contribution is 5.93. The Morgan fingerprint density at radius 2 is 1.81 bits per heavy atom. The van der Waals surface area contributed by atoms with Crippen LogP contribution >= 0.6 is 0 Å². The molecular weight excluding hydrogens is 347 g/mol. The molecule has 1 aromatic heterocycles. The molecule has 3 aromatic rings. The summed E-state index contributed by atoms with van der Waals surface area (Å²) in [6.45, 7) is 0. The molecule has 0 aliphatic carbocycles. The molecule has 0 bridgehead atoms. The van der Waals surface area contributed by atoms with Gasteiger partial charge < -0.3 is 5.73 Å². The van der Waals surface area contributed by atoms with E-state index in [1.807, 2.05) is 0 Å². The van der Waals surface area contributed by atoms with Crippen molar-refractivity contribution >= 4 is 17.3 Å². The van der Waals surface area contributed by atoms with Crippen molar-refractivity contribution in [3.63, 3.8) is 0 Å². The topological polar surface area (TPSA) is 85.0 Å². The lowest BCUT2D eigenvalue weighted by Crippen LogP contribution is -2.31. The summed E-state index contributed by atoms with van der Waals surface area (Å²) >= 11 is 0. The van der Waals surface area contributed by atoms with E-state index in [0.717, 1.165) is 12.1 Å². The zero-order chi connectivity index (χ0) is 18.7. The summed E-state index contributed by atoms with van der Waals surface area (Å²) in [6.07, 6.45) is -3.02. The number of alkyl halides is 3. The molecule has 6 nitrogen and oxygen atoms in total. The highest BCUT2D eigenvalue weighted by Gasteiger charge is 2.30. The van der Waals surface area contributed by atoms with E-state index in [9.17, 15) is 18.0 Å². The van der Waals surface area contributed by atoms with Crippen molar-refractivity contribution in [2.45, 2.75) is 6.18 Å². The monoisotopic (exact) mass is 361 g/mol. The average Bonchev–Trinajstić information content (AvgIpc) is 3.09. The fourth-order valence-corrected chi connectivity index (χ4v) is 2.26. The third-order valence-electron chi connectivity index (χ3n) is 3.52. The quantitative estimate of drug-likeness (QED) is 0.492. The van der Waals surface area contributed by atoms with E-state index in [4.69, 9.17) is 5.73 Å². The third-order valence-corrected chi connectivity index (χ3v) is 3.52. The second kappa shape index (κ2) is 6.79. The minimum atomic E-state index is -4.46. The summed E-state index contributed by atoms with van der Waals surface area (Å²) in [4.78, 5) is 12.3. The van der Waals surface area contributed by atoms with Crippen molar-refractivity contribution < 1.29 is 18.0 Å². The molecule has 0 spiro atoms. The average molecular weight is 361 g/mol. The molecule has 0 aliphatic heterocycles. The Labute approximate surface area is 146 Å². The van der Waals surface area contributed by atoms with Gasteiger partial charge in [0.1, 0.15) is 5.69 Å². The molecule has 1 heterocycles. The summed E-state index contributed by atoms with van der Waals surface area (Å²) in [5.74, 6) is -0.559. The first-order valence-corrected chi connectivity index (χ1v) is 7.48. The number of nitrogen functional groups attached to an aromatic ring is 1. The van der Waals surface area contributed by atoms with Gasteiger partial charge in [0.25, 0.3) is 5.91 Å². The maximum absolute atomic E-state index is 12.7. The van der Waals surface area contributed by atoms with Gasteiger partial charge in [-0.1, -0.05) is 6.07 Å². The lowest BCUT2D eigenvalue weighted by atomic mass is 10.2. The Hall–Kier alpha value is -3.49. The number of carbonyl (C=O) groups excluding carboxylic acids is 1. The highest BCUT2D eigenvalue weighted by Crippen LogP contribution is 2.30. The first kappa shape index (κ1) is 17.3. The fourth-order valence-electron chi connectivity index (χ4n) is 2.26. The van der Waals surface area contributed by atoms with Gasteiger partial charge in [0.05, 0.1) is 23.1 Å². The Morgan fingerprint density at radius 3 is 2.50 bits per heavy atom. The largest absolute Gasteiger partial charge is 0.416 e. The van der Waals surface area contributed by atoms with Crippen LogP contribution in [-0.2, 0) is 6.18 Å². The fraction of sp³-hybridized carbons (Fsp3) is 0.0588. The molecule has 134 valence electrons. The molecule has 0 saturated heterocycles. The summed E-state index contributed by atoms with van der Waals surface area (Å²) < 4.78 is 39.6. The van der Waals surface area contributed by atoms with Crippen LogP contribution in [0.1, 0.15) is 16.1 Å². The number of hydrogen-bond donors (Lipinski definition) is 3. The van der Waals surface area contributed by atoms with Crippen LogP contribution in [0.2, 0.25) is 0 Å². The van der Waals surface area contributed by atoms with Crippen LogP contribution in [0.4, 0.5) is 24.5 Å². The number of hydrogen-bond acceptors (Lipinski definition) is 4. The van der Waals surface area contributed by atoms with E-state index in [2.05, 4.69) is 16.0 Å². The summed E-state index contributed by atoms with van der Waals surface area (Å²) in [5, 5.41) is 4.08. The van der Waals surface area contributed by atoms with Crippen LogP contribution in [0, 0.1) is 0 Å².